The lowest BCUT2D eigenvalue weighted by molar-refractivity contribution is 0.361. The van der Waals surface area contributed by atoms with Gasteiger partial charge in [0, 0.05) is 6.04 Å². The number of nitrogens with two attached hydrogens (primary N) is 1. The molecule has 1 aromatic rings. The van der Waals surface area contributed by atoms with Crippen molar-refractivity contribution < 1.29 is 4.74 Å². The Balaban J connectivity index is 2.16. The first-order chi connectivity index (χ1) is 8.24. The van der Waals surface area contributed by atoms with Crippen LogP contribution in [0.3, 0.4) is 0 Å². The van der Waals surface area contributed by atoms with Gasteiger partial charge in [-0.3, -0.25) is 11.3 Å². The van der Waals surface area contributed by atoms with Gasteiger partial charge < -0.3 is 4.74 Å². The Kier molecular flexibility index (Phi) is 4.02. The van der Waals surface area contributed by atoms with Crippen molar-refractivity contribution in [1.82, 2.24) is 5.43 Å². The van der Waals surface area contributed by atoms with E-state index in [1.165, 1.54) is 24.8 Å². The van der Waals surface area contributed by atoms with Gasteiger partial charge in [-0.15, -0.1) is 0 Å². The molecule has 1 aliphatic rings. The molecule has 0 amide bonds. The second-order valence-electron chi connectivity index (χ2n) is 5.10. The van der Waals surface area contributed by atoms with Crippen molar-refractivity contribution in [1.29, 1.82) is 0 Å². The van der Waals surface area contributed by atoms with Crippen molar-refractivity contribution in [2.45, 2.75) is 32.2 Å². The summed E-state index contributed by atoms with van der Waals surface area (Å²) in [6, 6.07) is 8.43. The third-order valence-corrected chi connectivity index (χ3v) is 3.84. The molecule has 3 unspecified atom stereocenters. The fourth-order valence-electron chi connectivity index (χ4n) is 2.89. The van der Waals surface area contributed by atoms with E-state index in [1.807, 2.05) is 12.1 Å². The molecule has 0 aromatic heterocycles. The fraction of sp³-hybridized carbons (Fsp3) is 0.571. The van der Waals surface area contributed by atoms with E-state index in [2.05, 4.69) is 24.5 Å². The van der Waals surface area contributed by atoms with Gasteiger partial charge in [0.2, 0.25) is 0 Å². The molecule has 1 fully saturated rings. The molecule has 0 aliphatic heterocycles. The minimum atomic E-state index is 0.245. The van der Waals surface area contributed by atoms with Crippen LogP contribution in [0.1, 0.15) is 37.8 Å². The predicted octanol–water partition coefficient (Wildman–Crippen LogP) is 2.64. The molecule has 0 bridgehead atoms. The van der Waals surface area contributed by atoms with E-state index in [0.717, 1.165) is 11.7 Å². The van der Waals surface area contributed by atoms with E-state index < -0.39 is 0 Å². The second kappa shape index (κ2) is 5.52. The standard InChI is InChI=1S/C14H22N2O/c1-10-6-7-12(8-10)14(16-15)11-4-3-5-13(9-11)17-2/h3-5,9-10,12,14,16H,6-8,15H2,1-2H3. The van der Waals surface area contributed by atoms with E-state index in [-0.39, 0.29) is 6.04 Å². The highest BCUT2D eigenvalue weighted by Crippen LogP contribution is 2.39. The van der Waals surface area contributed by atoms with Crippen molar-refractivity contribution in [3.63, 3.8) is 0 Å². The molecule has 1 saturated carbocycles. The molecule has 3 nitrogen and oxygen atoms in total. The number of benzene rings is 1. The molecule has 0 saturated heterocycles. The maximum absolute atomic E-state index is 5.73. The van der Waals surface area contributed by atoms with E-state index in [9.17, 15) is 0 Å². The quantitative estimate of drug-likeness (QED) is 0.622. The zero-order valence-electron chi connectivity index (χ0n) is 10.6. The van der Waals surface area contributed by atoms with Gasteiger partial charge in [0.25, 0.3) is 0 Å². The topological polar surface area (TPSA) is 47.3 Å². The Labute approximate surface area is 103 Å². The zero-order chi connectivity index (χ0) is 12.3. The molecule has 2 rings (SSSR count). The Morgan fingerprint density at radius 2 is 2.24 bits per heavy atom. The molecule has 3 heteroatoms. The summed E-state index contributed by atoms with van der Waals surface area (Å²) in [5.41, 5.74) is 4.20. The number of ether oxygens (including phenoxy) is 1. The molecule has 3 atom stereocenters. The first-order valence-corrected chi connectivity index (χ1v) is 6.34. The van der Waals surface area contributed by atoms with Crippen LogP contribution >= 0.6 is 0 Å². The number of hydrogen-bond donors (Lipinski definition) is 2. The zero-order valence-corrected chi connectivity index (χ0v) is 10.6. The van der Waals surface area contributed by atoms with Gasteiger partial charge in [0.15, 0.2) is 0 Å². The molecule has 1 aliphatic carbocycles. The van der Waals surface area contributed by atoms with Gasteiger partial charge >= 0.3 is 0 Å². The van der Waals surface area contributed by atoms with Crippen molar-refractivity contribution >= 4 is 0 Å². The summed E-state index contributed by atoms with van der Waals surface area (Å²) in [5.74, 6) is 8.09. The van der Waals surface area contributed by atoms with Gasteiger partial charge in [0.1, 0.15) is 5.75 Å². The number of hydrazine groups is 1. The van der Waals surface area contributed by atoms with Crippen LogP contribution in [0.2, 0.25) is 0 Å². The predicted molar refractivity (Wildman–Crippen MR) is 69.6 cm³/mol. The average molecular weight is 234 g/mol. The minimum Gasteiger partial charge on any atom is -0.497 e. The smallest absolute Gasteiger partial charge is 0.119 e. The Hall–Kier alpha value is -1.06. The molecular weight excluding hydrogens is 212 g/mol. The average Bonchev–Trinajstić information content (AvgIpc) is 2.77. The van der Waals surface area contributed by atoms with Gasteiger partial charge in [0.05, 0.1) is 7.11 Å². The van der Waals surface area contributed by atoms with Crippen LogP contribution in [0, 0.1) is 11.8 Å². The number of hydrogen-bond acceptors (Lipinski definition) is 3. The van der Waals surface area contributed by atoms with Crippen LogP contribution in [0.25, 0.3) is 0 Å². The summed E-state index contributed by atoms with van der Waals surface area (Å²) in [5, 5.41) is 0. The van der Waals surface area contributed by atoms with Crippen LogP contribution in [0.4, 0.5) is 0 Å². The molecule has 0 radical (unpaired) electrons. The van der Waals surface area contributed by atoms with Gasteiger partial charge in [-0.05, 0) is 42.4 Å². The molecule has 17 heavy (non-hydrogen) atoms. The first-order valence-electron chi connectivity index (χ1n) is 6.34. The van der Waals surface area contributed by atoms with Crippen molar-refractivity contribution in [3.05, 3.63) is 29.8 Å². The molecule has 0 heterocycles. The molecule has 0 spiro atoms. The lowest BCUT2D eigenvalue weighted by Crippen LogP contribution is -2.32. The monoisotopic (exact) mass is 234 g/mol. The highest BCUT2D eigenvalue weighted by molar-refractivity contribution is 5.31. The van der Waals surface area contributed by atoms with Crippen LogP contribution in [-0.4, -0.2) is 7.11 Å². The highest BCUT2D eigenvalue weighted by Gasteiger charge is 2.29. The molecular formula is C14H22N2O. The number of rotatable bonds is 4. The summed E-state index contributed by atoms with van der Waals surface area (Å²) < 4.78 is 5.26. The van der Waals surface area contributed by atoms with Crippen LogP contribution in [0.5, 0.6) is 5.75 Å². The van der Waals surface area contributed by atoms with Crippen LogP contribution in [-0.2, 0) is 0 Å². The summed E-state index contributed by atoms with van der Waals surface area (Å²) in [6.45, 7) is 2.32. The van der Waals surface area contributed by atoms with E-state index >= 15 is 0 Å². The van der Waals surface area contributed by atoms with Crippen LogP contribution in [0.15, 0.2) is 24.3 Å². The summed E-state index contributed by atoms with van der Waals surface area (Å²) in [7, 11) is 1.70. The minimum absolute atomic E-state index is 0.245. The molecule has 3 N–H and O–H groups in total. The van der Waals surface area contributed by atoms with E-state index in [1.54, 1.807) is 7.11 Å². The second-order valence-corrected chi connectivity index (χ2v) is 5.10. The van der Waals surface area contributed by atoms with E-state index in [0.29, 0.717) is 5.92 Å². The summed E-state index contributed by atoms with van der Waals surface area (Å²) >= 11 is 0. The maximum atomic E-state index is 5.73. The fourth-order valence-corrected chi connectivity index (χ4v) is 2.89. The highest BCUT2D eigenvalue weighted by atomic mass is 16.5. The van der Waals surface area contributed by atoms with Gasteiger partial charge in [-0.25, -0.2) is 0 Å². The van der Waals surface area contributed by atoms with Crippen molar-refractivity contribution in [3.8, 4) is 5.75 Å². The number of nitrogens with one attached hydrogen (secondary N) is 1. The van der Waals surface area contributed by atoms with Crippen LogP contribution < -0.4 is 16.0 Å². The third-order valence-electron chi connectivity index (χ3n) is 3.84. The summed E-state index contributed by atoms with van der Waals surface area (Å²) in [4.78, 5) is 0. The molecule has 1 aromatic carbocycles. The summed E-state index contributed by atoms with van der Waals surface area (Å²) in [6.07, 6.45) is 3.83. The first kappa shape index (κ1) is 12.4. The molecule has 94 valence electrons. The largest absolute Gasteiger partial charge is 0.497 e. The Morgan fingerprint density at radius 1 is 1.41 bits per heavy atom. The Bertz CT molecular complexity index is 367. The lowest BCUT2D eigenvalue weighted by Gasteiger charge is -2.23. The normalized spacial score (nSPS) is 25.8. The van der Waals surface area contributed by atoms with Crippen molar-refractivity contribution in [2.75, 3.05) is 7.11 Å². The maximum Gasteiger partial charge on any atom is 0.119 e. The third kappa shape index (κ3) is 2.79. The number of methoxy groups -OCH3 is 1. The SMILES string of the molecule is COc1cccc(C(NN)C2CCC(C)C2)c1. The van der Waals surface area contributed by atoms with Gasteiger partial charge in [-0.1, -0.05) is 25.5 Å². The van der Waals surface area contributed by atoms with E-state index in [4.69, 9.17) is 10.6 Å². The Morgan fingerprint density at radius 3 is 2.82 bits per heavy atom. The van der Waals surface area contributed by atoms with Gasteiger partial charge in [-0.2, -0.15) is 0 Å². The lowest BCUT2D eigenvalue weighted by atomic mass is 9.91. The van der Waals surface area contributed by atoms with Crippen molar-refractivity contribution in [2.24, 2.45) is 17.7 Å².